The fourth-order valence-corrected chi connectivity index (χ4v) is 2.63. The van der Waals surface area contributed by atoms with Crippen molar-refractivity contribution < 1.29 is 9.47 Å². The van der Waals surface area contributed by atoms with E-state index < -0.39 is 0 Å². The van der Waals surface area contributed by atoms with E-state index in [-0.39, 0.29) is 30.1 Å². The van der Waals surface area contributed by atoms with Gasteiger partial charge in [-0.2, -0.15) is 0 Å². The van der Waals surface area contributed by atoms with Gasteiger partial charge in [-0.05, 0) is 56.5 Å². The molecule has 2 N–H and O–H groups in total. The molecule has 1 aromatic heterocycles. The number of aliphatic imine (C=N–C) groups is 1. The van der Waals surface area contributed by atoms with Crippen LogP contribution in [0.2, 0.25) is 0 Å². The molecule has 1 aromatic carbocycles. The van der Waals surface area contributed by atoms with Crippen molar-refractivity contribution in [2.24, 2.45) is 4.99 Å². The van der Waals surface area contributed by atoms with E-state index in [2.05, 4.69) is 40.5 Å². The summed E-state index contributed by atoms with van der Waals surface area (Å²) in [5, 5.41) is 6.65. The highest BCUT2D eigenvalue weighted by Gasteiger charge is 2.08. The second-order valence-corrected chi connectivity index (χ2v) is 6.28. The maximum atomic E-state index is 5.96. The smallest absolute Gasteiger partial charge is 0.191 e. The summed E-state index contributed by atoms with van der Waals surface area (Å²) in [4.78, 5) is 8.77. The van der Waals surface area contributed by atoms with Crippen LogP contribution in [-0.2, 0) is 6.42 Å². The van der Waals surface area contributed by atoms with Gasteiger partial charge in [0.05, 0.1) is 13.7 Å². The van der Waals surface area contributed by atoms with E-state index >= 15 is 0 Å². The van der Waals surface area contributed by atoms with Crippen LogP contribution in [-0.4, -0.2) is 43.8 Å². The van der Waals surface area contributed by atoms with Gasteiger partial charge in [-0.1, -0.05) is 12.1 Å². The minimum absolute atomic E-state index is 0. The lowest BCUT2D eigenvalue weighted by atomic mass is 10.1. The third-order valence-electron chi connectivity index (χ3n) is 4.07. The van der Waals surface area contributed by atoms with Gasteiger partial charge in [-0.25, -0.2) is 4.99 Å². The third kappa shape index (κ3) is 7.92. The van der Waals surface area contributed by atoms with Crippen LogP contribution in [0.15, 0.2) is 47.7 Å². The molecule has 0 spiro atoms. The van der Waals surface area contributed by atoms with Crippen molar-refractivity contribution in [1.82, 2.24) is 15.6 Å². The largest absolute Gasteiger partial charge is 0.493 e. The molecular weight excluding hydrogens is 467 g/mol. The van der Waals surface area contributed by atoms with Gasteiger partial charge >= 0.3 is 0 Å². The van der Waals surface area contributed by atoms with Crippen LogP contribution in [0.1, 0.15) is 25.0 Å². The zero-order valence-electron chi connectivity index (χ0n) is 17.1. The fourth-order valence-electron chi connectivity index (χ4n) is 2.63. The summed E-state index contributed by atoms with van der Waals surface area (Å²) in [6.07, 6.45) is 4.58. The highest BCUT2D eigenvalue weighted by molar-refractivity contribution is 14.0. The van der Waals surface area contributed by atoms with Crippen molar-refractivity contribution in [2.45, 2.75) is 33.3 Å². The summed E-state index contributed by atoms with van der Waals surface area (Å²) >= 11 is 0. The van der Waals surface area contributed by atoms with Gasteiger partial charge in [0.1, 0.15) is 6.10 Å². The Hall–Kier alpha value is -2.03. The minimum atomic E-state index is -0.0702. The molecule has 0 saturated heterocycles. The number of rotatable bonds is 9. The van der Waals surface area contributed by atoms with E-state index in [0.717, 1.165) is 37.0 Å². The summed E-state index contributed by atoms with van der Waals surface area (Å²) in [6.45, 7) is 8.29. The quantitative estimate of drug-likeness (QED) is 0.314. The molecule has 0 aliphatic carbocycles. The average molecular weight is 498 g/mol. The molecule has 0 bridgehead atoms. The molecular formula is C21H31IN4O2. The van der Waals surface area contributed by atoms with Gasteiger partial charge < -0.3 is 20.1 Å². The molecule has 2 aromatic rings. The number of benzene rings is 1. The first-order valence-electron chi connectivity index (χ1n) is 9.35. The first-order valence-corrected chi connectivity index (χ1v) is 9.35. The van der Waals surface area contributed by atoms with Crippen LogP contribution in [0, 0.1) is 6.92 Å². The zero-order chi connectivity index (χ0) is 19.5. The van der Waals surface area contributed by atoms with E-state index in [1.807, 2.05) is 43.6 Å². The number of halogens is 1. The minimum Gasteiger partial charge on any atom is -0.493 e. The molecule has 0 aliphatic rings. The van der Waals surface area contributed by atoms with Gasteiger partial charge in [0.2, 0.25) is 0 Å². The highest BCUT2D eigenvalue weighted by atomic mass is 127. The Morgan fingerprint density at radius 1 is 1.18 bits per heavy atom. The standard InChI is InChI=1S/C21H30N4O2.HI/c1-5-23-21(24-13-11-18-10-12-22-14-16(18)2)25-15-17(3)27-20-9-7-6-8-19(20)26-4;/h6-10,12,14,17H,5,11,13,15H2,1-4H3,(H2,23,24,25);1H. The highest BCUT2D eigenvalue weighted by Crippen LogP contribution is 2.26. The number of nitrogens with zero attached hydrogens (tertiary/aromatic N) is 2. The van der Waals surface area contributed by atoms with Crippen LogP contribution < -0.4 is 20.1 Å². The summed E-state index contributed by atoms with van der Waals surface area (Å²) < 4.78 is 11.3. The van der Waals surface area contributed by atoms with Crippen LogP contribution in [0.25, 0.3) is 0 Å². The Morgan fingerprint density at radius 3 is 2.61 bits per heavy atom. The van der Waals surface area contributed by atoms with Gasteiger partial charge in [-0.15, -0.1) is 24.0 Å². The molecule has 0 fully saturated rings. The molecule has 0 amide bonds. The van der Waals surface area contributed by atoms with Crippen molar-refractivity contribution in [3.8, 4) is 11.5 Å². The number of pyridine rings is 1. The van der Waals surface area contributed by atoms with Crippen LogP contribution in [0.5, 0.6) is 11.5 Å². The monoisotopic (exact) mass is 498 g/mol. The first-order chi connectivity index (χ1) is 13.1. The number of guanidine groups is 1. The van der Waals surface area contributed by atoms with Gasteiger partial charge in [0.25, 0.3) is 0 Å². The maximum Gasteiger partial charge on any atom is 0.191 e. The Bertz CT molecular complexity index is 740. The number of aryl methyl sites for hydroxylation is 1. The van der Waals surface area contributed by atoms with Gasteiger partial charge in [0.15, 0.2) is 17.5 Å². The average Bonchev–Trinajstić information content (AvgIpc) is 2.68. The number of ether oxygens (including phenoxy) is 2. The molecule has 1 heterocycles. The zero-order valence-corrected chi connectivity index (χ0v) is 19.4. The Kier molecular flexibility index (Phi) is 11.3. The molecule has 28 heavy (non-hydrogen) atoms. The van der Waals surface area contributed by atoms with Crippen LogP contribution in [0.3, 0.4) is 0 Å². The number of hydrogen-bond donors (Lipinski definition) is 2. The van der Waals surface area contributed by atoms with Crippen molar-refractivity contribution in [2.75, 3.05) is 26.7 Å². The predicted molar refractivity (Wildman–Crippen MR) is 125 cm³/mol. The Labute approximate surface area is 185 Å². The van der Waals surface area contributed by atoms with E-state index in [1.54, 1.807) is 7.11 Å². The first kappa shape index (κ1) is 24.0. The molecule has 2 rings (SSSR count). The second-order valence-electron chi connectivity index (χ2n) is 6.28. The number of nitrogens with one attached hydrogen (secondary N) is 2. The Morgan fingerprint density at radius 2 is 1.93 bits per heavy atom. The van der Waals surface area contributed by atoms with Crippen molar-refractivity contribution in [3.05, 3.63) is 53.9 Å². The molecule has 0 radical (unpaired) electrons. The number of aromatic nitrogens is 1. The van der Waals surface area contributed by atoms with E-state index in [4.69, 9.17) is 9.47 Å². The topological polar surface area (TPSA) is 67.8 Å². The van der Waals surface area contributed by atoms with Crippen molar-refractivity contribution in [1.29, 1.82) is 0 Å². The lowest BCUT2D eigenvalue weighted by Gasteiger charge is -2.17. The molecule has 7 heteroatoms. The lowest BCUT2D eigenvalue weighted by molar-refractivity contribution is 0.219. The summed E-state index contributed by atoms with van der Waals surface area (Å²) in [5.74, 6) is 2.25. The number of hydrogen-bond acceptors (Lipinski definition) is 4. The van der Waals surface area contributed by atoms with Gasteiger partial charge in [0, 0.05) is 25.5 Å². The fraction of sp³-hybridized carbons (Fsp3) is 0.429. The number of methoxy groups -OCH3 is 1. The summed E-state index contributed by atoms with van der Waals surface area (Å²) in [6, 6.07) is 9.70. The normalized spacial score (nSPS) is 11.9. The second kappa shape index (κ2) is 13.2. The van der Waals surface area contributed by atoms with E-state index in [1.165, 1.54) is 11.1 Å². The van der Waals surface area contributed by atoms with E-state index in [9.17, 15) is 0 Å². The predicted octanol–water partition coefficient (Wildman–Crippen LogP) is 3.58. The van der Waals surface area contributed by atoms with Crippen LogP contribution in [0.4, 0.5) is 0 Å². The molecule has 1 unspecified atom stereocenters. The summed E-state index contributed by atoms with van der Waals surface area (Å²) in [5.41, 5.74) is 2.50. The van der Waals surface area contributed by atoms with Gasteiger partial charge in [-0.3, -0.25) is 4.98 Å². The molecule has 0 saturated carbocycles. The van der Waals surface area contributed by atoms with Crippen molar-refractivity contribution >= 4 is 29.9 Å². The van der Waals surface area contributed by atoms with E-state index in [0.29, 0.717) is 6.54 Å². The molecule has 6 nitrogen and oxygen atoms in total. The van der Waals surface area contributed by atoms with Crippen LogP contribution >= 0.6 is 24.0 Å². The molecule has 0 aliphatic heterocycles. The number of para-hydroxylation sites is 2. The Balaban J connectivity index is 0.00000392. The molecule has 154 valence electrons. The lowest BCUT2D eigenvalue weighted by Crippen LogP contribution is -2.39. The third-order valence-corrected chi connectivity index (χ3v) is 4.07. The van der Waals surface area contributed by atoms with Crippen molar-refractivity contribution in [3.63, 3.8) is 0 Å². The molecule has 1 atom stereocenters. The SMILES string of the molecule is CCNC(=NCC(C)Oc1ccccc1OC)NCCc1ccncc1C.I. The summed E-state index contributed by atoms with van der Waals surface area (Å²) in [7, 11) is 1.64. The maximum absolute atomic E-state index is 5.96.